The first kappa shape index (κ1) is 23.8. The Morgan fingerprint density at radius 2 is 1.82 bits per heavy atom. The number of carbonyl (C=O) groups excluding carboxylic acids is 1. The Bertz CT molecular complexity index is 1400. The third-order valence-corrected chi connectivity index (χ3v) is 7.11. The van der Waals surface area contributed by atoms with Gasteiger partial charge in [0.25, 0.3) is 5.91 Å². The minimum absolute atomic E-state index is 0.00971. The number of ether oxygens (including phenoxy) is 1. The highest BCUT2D eigenvalue weighted by Gasteiger charge is 2.34. The number of halogens is 3. The van der Waals surface area contributed by atoms with Gasteiger partial charge in [0.15, 0.2) is 6.61 Å². The summed E-state index contributed by atoms with van der Waals surface area (Å²) in [5.41, 5.74) is -2.39. The largest absolute Gasteiger partial charge is 0.484 e. The van der Waals surface area contributed by atoms with E-state index in [0.29, 0.717) is 19.2 Å². The molecule has 8 nitrogen and oxygen atoms in total. The zero-order valence-corrected chi connectivity index (χ0v) is 18.4. The second-order valence-corrected chi connectivity index (χ2v) is 9.55. The van der Waals surface area contributed by atoms with Gasteiger partial charge in [-0.05, 0) is 43.2 Å². The van der Waals surface area contributed by atoms with Gasteiger partial charge in [-0.15, -0.1) is 0 Å². The van der Waals surface area contributed by atoms with Crippen LogP contribution in [0.5, 0.6) is 5.75 Å². The van der Waals surface area contributed by atoms with E-state index in [1.165, 1.54) is 34.6 Å². The standard InChI is InChI=1S/C22H19F3N2O6S/c23-22(24,25)18-12-21(29)33-19-11-15(6-7-17(18)19)32-13-20(28)26-14-4-3-5-16(10-14)34(30,31)27-8-1-2-9-27/h3-7,10-12H,1-2,8-9,13H2,(H,26,28). The summed E-state index contributed by atoms with van der Waals surface area (Å²) in [6, 6.07) is 9.56. The van der Waals surface area contributed by atoms with E-state index in [0.717, 1.165) is 25.0 Å². The zero-order chi connectivity index (χ0) is 24.5. The van der Waals surface area contributed by atoms with Crippen molar-refractivity contribution in [1.29, 1.82) is 0 Å². The number of carbonyl (C=O) groups is 1. The fraction of sp³-hybridized carbons (Fsp3) is 0.273. The van der Waals surface area contributed by atoms with Crippen LogP contribution >= 0.6 is 0 Å². The minimum Gasteiger partial charge on any atom is -0.484 e. The lowest BCUT2D eigenvalue weighted by Gasteiger charge is -2.16. The molecule has 0 saturated carbocycles. The molecular formula is C22H19F3N2O6S. The fourth-order valence-electron chi connectivity index (χ4n) is 3.63. The van der Waals surface area contributed by atoms with E-state index in [2.05, 4.69) is 5.32 Å². The van der Waals surface area contributed by atoms with Gasteiger partial charge in [-0.25, -0.2) is 13.2 Å². The van der Waals surface area contributed by atoms with Gasteiger partial charge in [0.05, 0.1) is 10.5 Å². The number of sulfonamides is 1. The number of rotatable bonds is 6. The quantitative estimate of drug-likeness (QED) is 0.523. The number of nitrogens with zero attached hydrogens (tertiary/aromatic N) is 1. The van der Waals surface area contributed by atoms with Crippen LogP contribution in [0.25, 0.3) is 11.0 Å². The van der Waals surface area contributed by atoms with Gasteiger partial charge in [0, 0.05) is 36.3 Å². The summed E-state index contributed by atoms with van der Waals surface area (Å²) in [4.78, 5) is 23.8. The van der Waals surface area contributed by atoms with E-state index in [1.807, 2.05) is 0 Å². The lowest BCUT2D eigenvalue weighted by molar-refractivity contribution is -0.136. The van der Waals surface area contributed by atoms with E-state index in [4.69, 9.17) is 9.15 Å². The Morgan fingerprint density at radius 3 is 2.53 bits per heavy atom. The number of amides is 1. The molecule has 12 heteroatoms. The predicted molar refractivity (Wildman–Crippen MR) is 116 cm³/mol. The van der Waals surface area contributed by atoms with Gasteiger partial charge in [-0.3, -0.25) is 4.79 Å². The molecule has 0 bridgehead atoms. The molecular weight excluding hydrogens is 477 g/mol. The Morgan fingerprint density at radius 1 is 1.09 bits per heavy atom. The molecule has 1 aliphatic heterocycles. The average Bonchev–Trinajstić information content (AvgIpc) is 3.32. The van der Waals surface area contributed by atoms with Crippen molar-refractivity contribution in [3.63, 3.8) is 0 Å². The predicted octanol–water partition coefficient (Wildman–Crippen LogP) is 3.61. The summed E-state index contributed by atoms with van der Waals surface area (Å²) < 4.78 is 76.3. The summed E-state index contributed by atoms with van der Waals surface area (Å²) in [5, 5.41) is 2.20. The van der Waals surface area contributed by atoms with E-state index in [9.17, 15) is 31.2 Å². The third-order valence-electron chi connectivity index (χ3n) is 5.21. The fourth-order valence-corrected chi connectivity index (χ4v) is 5.19. The SMILES string of the molecule is O=C(COc1ccc2c(C(F)(F)F)cc(=O)oc2c1)Nc1cccc(S(=O)(=O)N2CCCC2)c1. The molecule has 0 radical (unpaired) electrons. The van der Waals surface area contributed by atoms with Gasteiger partial charge in [-0.1, -0.05) is 6.07 Å². The topological polar surface area (TPSA) is 106 Å². The monoisotopic (exact) mass is 496 g/mol. The van der Waals surface area contributed by atoms with Crippen LogP contribution < -0.4 is 15.7 Å². The van der Waals surface area contributed by atoms with Crippen LogP contribution in [0, 0.1) is 0 Å². The van der Waals surface area contributed by atoms with Gasteiger partial charge < -0.3 is 14.5 Å². The third kappa shape index (κ3) is 5.07. The first-order valence-electron chi connectivity index (χ1n) is 10.2. The summed E-state index contributed by atoms with van der Waals surface area (Å²) in [5.74, 6) is -0.614. The number of alkyl halides is 3. The first-order valence-corrected chi connectivity index (χ1v) is 11.7. The molecule has 1 saturated heterocycles. The molecule has 1 aromatic heterocycles. The van der Waals surface area contributed by atoms with Crippen LogP contribution in [0.1, 0.15) is 18.4 Å². The van der Waals surface area contributed by atoms with Crippen molar-refractivity contribution in [3.8, 4) is 5.75 Å². The summed E-state index contributed by atoms with van der Waals surface area (Å²) >= 11 is 0. The number of hydrogen-bond acceptors (Lipinski definition) is 6. The Labute approximate surface area is 192 Å². The molecule has 2 aromatic carbocycles. The summed E-state index contributed by atoms with van der Waals surface area (Å²) in [6.07, 6.45) is -3.15. The first-order chi connectivity index (χ1) is 16.0. The second kappa shape index (κ2) is 9.11. The molecule has 0 spiro atoms. The molecule has 1 aliphatic rings. The Kier molecular flexibility index (Phi) is 6.36. The molecule has 180 valence electrons. The smallest absolute Gasteiger partial charge is 0.417 e. The maximum absolute atomic E-state index is 13.1. The zero-order valence-electron chi connectivity index (χ0n) is 17.6. The number of benzene rings is 2. The molecule has 2 heterocycles. The Hall–Kier alpha value is -3.38. The number of nitrogens with one attached hydrogen (secondary N) is 1. The molecule has 1 amide bonds. The highest BCUT2D eigenvalue weighted by atomic mass is 32.2. The number of hydrogen-bond donors (Lipinski definition) is 1. The van der Waals surface area contributed by atoms with E-state index in [-0.39, 0.29) is 27.3 Å². The van der Waals surface area contributed by atoms with Crippen LogP contribution in [0.2, 0.25) is 0 Å². The van der Waals surface area contributed by atoms with Gasteiger partial charge in [-0.2, -0.15) is 17.5 Å². The van der Waals surface area contributed by atoms with Crippen molar-refractivity contribution in [2.24, 2.45) is 0 Å². The molecule has 0 atom stereocenters. The van der Waals surface area contributed by atoms with E-state index >= 15 is 0 Å². The normalized spacial score (nSPS) is 14.9. The van der Waals surface area contributed by atoms with Crippen molar-refractivity contribution in [1.82, 2.24) is 4.31 Å². The lowest BCUT2D eigenvalue weighted by atomic mass is 10.1. The van der Waals surface area contributed by atoms with Crippen LogP contribution in [0.4, 0.5) is 18.9 Å². The van der Waals surface area contributed by atoms with Crippen LogP contribution in [0.15, 0.2) is 62.6 Å². The maximum atomic E-state index is 13.1. The Balaban J connectivity index is 1.45. The lowest BCUT2D eigenvalue weighted by Crippen LogP contribution is -2.28. The van der Waals surface area contributed by atoms with Crippen molar-refractivity contribution in [3.05, 3.63) is 64.5 Å². The molecule has 1 N–H and O–H groups in total. The average molecular weight is 496 g/mol. The van der Waals surface area contributed by atoms with Crippen LogP contribution in [0.3, 0.4) is 0 Å². The van der Waals surface area contributed by atoms with Crippen molar-refractivity contribution in [2.45, 2.75) is 23.9 Å². The van der Waals surface area contributed by atoms with E-state index < -0.39 is 39.9 Å². The van der Waals surface area contributed by atoms with Gasteiger partial charge in [0.2, 0.25) is 10.0 Å². The second-order valence-electron chi connectivity index (χ2n) is 7.61. The molecule has 3 aromatic rings. The van der Waals surface area contributed by atoms with Crippen LogP contribution in [-0.4, -0.2) is 38.3 Å². The molecule has 4 rings (SSSR count). The number of anilines is 1. The highest BCUT2D eigenvalue weighted by Crippen LogP contribution is 2.34. The van der Waals surface area contributed by atoms with Crippen molar-refractivity contribution >= 4 is 32.6 Å². The minimum atomic E-state index is -4.74. The van der Waals surface area contributed by atoms with Gasteiger partial charge >= 0.3 is 11.8 Å². The summed E-state index contributed by atoms with van der Waals surface area (Å²) in [6.45, 7) is 0.379. The summed E-state index contributed by atoms with van der Waals surface area (Å²) in [7, 11) is -3.66. The molecule has 1 fully saturated rings. The highest BCUT2D eigenvalue weighted by molar-refractivity contribution is 7.89. The van der Waals surface area contributed by atoms with E-state index in [1.54, 1.807) is 0 Å². The maximum Gasteiger partial charge on any atom is 0.417 e. The number of fused-ring (bicyclic) bond motifs is 1. The molecule has 0 aliphatic carbocycles. The van der Waals surface area contributed by atoms with Gasteiger partial charge in [0.1, 0.15) is 11.3 Å². The van der Waals surface area contributed by atoms with Crippen LogP contribution in [-0.2, 0) is 21.0 Å². The van der Waals surface area contributed by atoms with Crippen molar-refractivity contribution in [2.75, 3.05) is 25.0 Å². The molecule has 0 unspecified atom stereocenters. The van der Waals surface area contributed by atoms with Crippen molar-refractivity contribution < 1.29 is 35.5 Å². The molecule has 34 heavy (non-hydrogen) atoms.